The summed E-state index contributed by atoms with van der Waals surface area (Å²) in [4.78, 5) is 9.22. The Balaban J connectivity index is 0.00000181. The molecule has 0 unspecified atom stereocenters. The molecule has 11 heteroatoms. The Bertz CT molecular complexity index is 1200. The van der Waals surface area contributed by atoms with E-state index in [1.165, 1.54) is 0 Å². The van der Waals surface area contributed by atoms with E-state index in [2.05, 4.69) is 27.6 Å². The summed E-state index contributed by atoms with van der Waals surface area (Å²) in [5, 5.41) is 7.87. The molecule has 0 fully saturated rings. The number of rotatable bonds is 4. The van der Waals surface area contributed by atoms with Crippen LogP contribution in [-0.4, -0.2) is 29.5 Å². The first kappa shape index (κ1) is 26.0. The van der Waals surface area contributed by atoms with Crippen molar-refractivity contribution in [1.29, 1.82) is 0 Å². The molecule has 4 heterocycles. The summed E-state index contributed by atoms with van der Waals surface area (Å²) < 4.78 is 41.1. The molecular formula is C21H17F3Li2N6. The summed E-state index contributed by atoms with van der Waals surface area (Å²) in [6, 6.07) is 13.2. The van der Waals surface area contributed by atoms with Gasteiger partial charge in [-0.1, -0.05) is 43.6 Å². The molecule has 0 saturated carbocycles. The largest absolute Gasteiger partial charge is 1.00 e. The minimum absolute atomic E-state index is 0. The zero-order valence-corrected chi connectivity index (χ0v) is 18.4. The van der Waals surface area contributed by atoms with E-state index in [1.54, 1.807) is 28.9 Å². The standard InChI is InChI=1S/C21H17F3N6.2Li/c1-14-10-12-29(27-14)18-8-4-6-15(25-18)20(2,3)16-7-5-9-19(26-16)30-13-11-17(28-30)21(22,23)24;;/h4-11H,1-3H3;;/q-2;2*+1. The van der Waals surface area contributed by atoms with Gasteiger partial charge in [0.25, 0.3) is 0 Å². The maximum absolute atomic E-state index is 12.9. The fraction of sp³-hybridized carbons (Fsp3) is 0.238. The minimum atomic E-state index is -4.54. The summed E-state index contributed by atoms with van der Waals surface area (Å²) in [7, 11) is 0. The van der Waals surface area contributed by atoms with Gasteiger partial charge in [-0.05, 0) is 31.7 Å². The van der Waals surface area contributed by atoms with E-state index in [0.717, 1.165) is 22.1 Å². The van der Waals surface area contributed by atoms with Crippen LogP contribution in [-0.2, 0) is 11.6 Å². The Hall–Kier alpha value is -2.30. The second-order valence-electron chi connectivity index (χ2n) is 7.28. The van der Waals surface area contributed by atoms with Gasteiger partial charge in [-0.2, -0.15) is 13.2 Å². The summed E-state index contributed by atoms with van der Waals surface area (Å²) in [6.45, 7) is 5.75. The molecule has 154 valence electrons. The van der Waals surface area contributed by atoms with Crippen LogP contribution in [0.25, 0.3) is 11.6 Å². The predicted molar refractivity (Wildman–Crippen MR) is 102 cm³/mol. The Kier molecular flexibility index (Phi) is 7.85. The molecule has 4 aromatic rings. The summed E-state index contributed by atoms with van der Waals surface area (Å²) in [5.74, 6) is 0.850. The second-order valence-corrected chi connectivity index (χ2v) is 7.28. The molecule has 0 amide bonds. The van der Waals surface area contributed by atoms with Gasteiger partial charge in [-0.25, -0.2) is 0 Å². The van der Waals surface area contributed by atoms with Gasteiger partial charge in [0.2, 0.25) is 0 Å². The first-order valence-corrected chi connectivity index (χ1v) is 9.10. The number of hydrogen-bond acceptors (Lipinski definition) is 4. The van der Waals surface area contributed by atoms with Crippen molar-refractivity contribution < 1.29 is 50.9 Å². The number of nitrogens with zero attached hydrogens (tertiary/aromatic N) is 6. The average molecular weight is 424 g/mol. The normalized spacial score (nSPS) is 11.6. The molecule has 6 nitrogen and oxygen atoms in total. The predicted octanol–water partition coefficient (Wildman–Crippen LogP) is -1.89. The van der Waals surface area contributed by atoms with Crippen LogP contribution >= 0.6 is 0 Å². The van der Waals surface area contributed by atoms with Crippen LogP contribution in [0.3, 0.4) is 0 Å². The first-order valence-electron chi connectivity index (χ1n) is 9.10. The van der Waals surface area contributed by atoms with Gasteiger partial charge < -0.3 is 9.36 Å². The van der Waals surface area contributed by atoms with Crippen LogP contribution in [0.2, 0.25) is 0 Å². The molecule has 0 aliphatic rings. The quantitative estimate of drug-likeness (QED) is 0.284. The van der Waals surface area contributed by atoms with Crippen molar-refractivity contribution in [2.45, 2.75) is 32.4 Å². The molecule has 0 bridgehead atoms. The molecule has 0 radical (unpaired) electrons. The second kappa shape index (κ2) is 9.68. The molecule has 0 aliphatic heterocycles. The zero-order chi connectivity index (χ0) is 21.5. The third-order valence-corrected chi connectivity index (χ3v) is 4.66. The molecule has 0 aromatic carbocycles. The van der Waals surface area contributed by atoms with Gasteiger partial charge >= 0.3 is 43.9 Å². The van der Waals surface area contributed by atoms with E-state index in [1.807, 2.05) is 39.0 Å². The van der Waals surface area contributed by atoms with E-state index in [-0.39, 0.29) is 43.5 Å². The molecule has 0 N–H and O–H groups in total. The van der Waals surface area contributed by atoms with Gasteiger partial charge in [0.15, 0.2) is 0 Å². The van der Waals surface area contributed by atoms with Crippen molar-refractivity contribution in [2.24, 2.45) is 0 Å². The average Bonchev–Trinajstić information content (AvgIpc) is 3.37. The van der Waals surface area contributed by atoms with E-state index < -0.39 is 17.3 Å². The molecule has 4 aromatic heterocycles. The summed E-state index contributed by atoms with van der Waals surface area (Å²) in [5.41, 5.74) is 0.529. The van der Waals surface area contributed by atoms with E-state index in [9.17, 15) is 13.2 Å². The number of aryl methyl sites for hydroxylation is 1. The number of alkyl halides is 3. The molecule has 0 spiro atoms. The van der Waals surface area contributed by atoms with Crippen molar-refractivity contribution in [1.82, 2.24) is 29.5 Å². The zero-order valence-electron chi connectivity index (χ0n) is 18.4. The topological polar surface area (TPSA) is 61.4 Å². The van der Waals surface area contributed by atoms with Crippen molar-refractivity contribution in [2.75, 3.05) is 0 Å². The van der Waals surface area contributed by atoms with Crippen molar-refractivity contribution in [3.63, 3.8) is 0 Å². The SMILES string of the molecule is Cc1c[c-]n(-c2cccc(C(C)(C)c3cccc(-n4[c-]cc(C(F)(F)F)n4)n3)n2)n1.[Li+].[Li+]. The Labute approximate surface area is 207 Å². The van der Waals surface area contributed by atoms with Crippen LogP contribution < -0.4 is 37.7 Å². The summed E-state index contributed by atoms with van der Waals surface area (Å²) in [6.07, 6.45) is 0.940. The van der Waals surface area contributed by atoms with Crippen LogP contribution in [0.5, 0.6) is 0 Å². The van der Waals surface area contributed by atoms with Crippen LogP contribution in [0.4, 0.5) is 13.2 Å². The van der Waals surface area contributed by atoms with Crippen LogP contribution in [0.1, 0.15) is 36.6 Å². The van der Waals surface area contributed by atoms with Gasteiger partial charge in [0, 0.05) is 16.8 Å². The molecule has 0 atom stereocenters. The number of aromatic nitrogens is 6. The van der Waals surface area contributed by atoms with E-state index in [4.69, 9.17) is 4.98 Å². The molecule has 0 aliphatic carbocycles. The third-order valence-electron chi connectivity index (χ3n) is 4.66. The van der Waals surface area contributed by atoms with Gasteiger partial charge in [-0.15, -0.1) is 12.1 Å². The maximum atomic E-state index is 12.9. The smallest absolute Gasteiger partial charge is 0.343 e. The number of pyridine rings is 2. The molecule has 4 rings (SSSR count). The number of hydrogen-bond donors (Lipinski definition) is 0. The summed E-state index contributed by atoms with van der Waals surface area (Å²) >= 11 is 0. The fourth-order valence-electron chi connectivity index (χ4n) is 2.94. The monoisotopic (exact) mass is 424 g/mol. The molecule has 0 saturated heterocycles. The van der Waals surface area contributed by atoms with E-state index in [0.29, 0.717) is 11.5 Å². The molecular weight excluding hydrogens is 407 g/mol. The first-order chi connectivity index (χ1) is 14.1. The van der Waals surface area contributed by atoms with Gasteiger partial charge in [-0.3, -0.25) is 20.2 Å². The Morgan fingerprint density at radius 2 is 1.25 bits per heavy atom. The van der Waals surface area contributed by atoms with Crippen molar-refractivity contribution >= 4 is 0 Å². The Morgan fingerprint density at radius 3 is 1.69 bits per heavy atom. The van der Waals surface area contributed by atoms with Gasteiger partial charge in [0.05, 0.1) is 17.3 Å². The fourth-order valence-corrected chi connectivity index (χ4v) is 2.94. The number of halogens is 3. The van der Waals surface area contributed by atoms with Crippen molar-refractivity contribution in [3.8, 4) is 11.6 Å². The third kappa shape index (κ3) is 5.19. The minimum Gasteiger partial charge on any atom is -0.343 e. The van der Waals surface area contributed by atoms with Crippen LogP contribution in [0.15, 0.2) is 48.5 Å². The maximum Gasteiger partial charge on any atom is 1.00 e. The van der Waals surface area contributed by atoms with E-state index >= 15 is 0 Å². The van der Waals surface area contributed by atoms with Gasteiger partial charge in [0.1, 0.15) is 0 Å². The van der Waals surface area contributed by atoms with Crippen molar-refractivity contribution in [3.05, 3.63) is 83.7 Å². The Morgan fingerprint density at radius 1 is 0.750 bits per heavy atom. The molecule has 32 heavy (non-hydrogen) atoms. The van der Waals surface area contributed by atoms with Crippen LogP contribution in [0, 0.1) is 19.3 Å².